The molecular formula is C30H29ClN2O10S. The van der Waals surface area contributed by atoms with Gasteiger partial charge in [-0.15, -0.1) is 0 Å². The predicted octanol–water partition coefficient (Wildman–Crippen LogP) is 3.90. The van der Waals surface area contributed by atoms with Crippen molar-refractivity contribution in [1.29, 1.82) is 0 Å². The number of benzene rings is 2. The van der Waals surface area contributed by atoms with Crippen molar-refractivity contribution in [3.63, 3.8) is 0 Å². The van der Waals surface area contributed by atoms with Crippen LogP contribution in [0.1, 0.15) is 33.3 Å². The number of carbonyl (C=O) groups is 5. The molecule has 1 fully saturated rings. The number of hydrogen-bond donors (Lipinski definition) is 0. The number of halogens is 1. The maximum absolute atomic E-state index is 13.7. The Bertz CT molecular complexity index is 1480. The van der Waals surface area contributed by atoms with Crippen LogP contribution in [0.15, 0.2) is 65.3 Å². The third-order valence-electron chi connectivity index (χ3n) is 6.19. The zero-order chi connectivity index (χ0) is 32.0. The lowest BCUT2D eigenvalue weighted by atomic mass is 9.99. The number of para-hydroxylation sites is 1. The Morgan fingerprint density at radius 3 is 2.05 bits per heavy atom. The number of aliphatic imine (C=N–C) groups is 1. The van der Waals surface area contributed by atoms with E-state index in [1.165, 1.54) is 11.8 Å². The molecule has 5 atom stereocenters. The monoisotopic (exact) mass is 644 g/mol. The first-order valence-electron chi connectivity index (χ1n) is 13.4. The molecule has 2 aliphatic heterocycles. The summed E-state index contributed by atoms with van der Waals surface area (Å²) in [5.74, 6) is -3.32. The van der Waals surface area contributed by atoms with Gasteiger partial charge in [0.25, 0.3) is 5.91 Å². The summed E-state index contributed by atoms with van der Waals surface area (Å²) in [5, 5.41) is 0.682. The van der Waals surface area contributed by atoms with Crippen LogP contribution in [-0.2, 0) is 47.7 Å². The predicted molar refractivity (Wildman–Crippen MR) is 160 cm³/mol. The molecule has 1 saturated heterocycles. The maximum Gasteiger partial charge on any atom is 0.303 e. The van der Waals surface area contributed by atoms with Crippen LogP contribution in [0.4, 0.5) is 5.69 Å². The van der Waals surface area contributed by atoms with E-state index in [0.29, 0.717) is 16.3 Å². The number of ether oxygens (including phenoxy) is 5. The molecule has 14 heteroatoms. The summed E-state index contributed by atoms with van der Waals surface area (Å²) in [7, 11) is 0. The molecule has 44 heavy (non-hydrogen) atoms. The Kier molecular flexibility index (Phi) is 10.8. The van der Waals surface area contributed by atoms with E-state index in [4.69, 9.17) is 35.3 Å². The number of amidine groups is 1. The van der Waals surface area contributed by atoms with Gasteiger partial charge >= 0.3 is 23.9 Å². The largest absolute Gasteiger partial charge is 0.463 e. The molecule has 2 aromatic carbocycles. The average Bonchev–Trinajstić information content (AvgIpc) is 3.25. The molecular weight excluding hydrogens is 616 g/mol. The second-order valence-corrected chi connectivity index (χ2v) is 11.1. The molecule has 0 saturated carbocycles. The van der Waals surface area contributed by atoms with Crippen molar-refractivity contribution in [3.8, 4) is 0 Å². The van der Waals surface area contributed by atoms with Gasteiger partial charge in [-0.25, -0.2) is 4.99 Å². The third-order valence-corrected chi connectivity index (χ3v) is 7.54. The van der Waals surface area contributed by atoms with Crippen molar-refractivity contribution in [2.75, 3.05) is 11.5 Å². The van der Waals surface area contributed by atoms with Gasteiger partial charge in [-0.1, -0.05) is 53.7 Å². The first-order chi connectivity index (χ1) is 20.9. The van der Waals surface area contributed by atoms with Gasteiger partial charge in [0, 0.05) is 32.7 Å². The van der Waals surface area contributed by atoms with E-state index < -0.39 is 59.6 Å². The summed E-state index contributed by atoms with van der Waals surface area (Å²) in [4.78, 5) is 67.8. The van der Waals surface area contributed by atoms with Crippen LogP contribution >= 0.6 is 23.4 Å². The lowest BCUT2D eigenvalue weighted by molar-refractivity contribution is -0.237. The van der Waals surface area contributed by atoms with Crippen molar-refractivity contribution in [1.82, 2.24) is 0 Å². The third kappa shape index (κ3) is 8.24. The van der Waals surface area contributed by atoms with Crippen molar-refractivity contribution in [2.24, 2.45) is 4.99 Å². The fraction of sp³-hybridized carbons (Fsp3) is 0.333. The number of thioether (sulfide) groups is 1. The number of carbonyl (C=O) groups excluding carboxylic acids is 5. The van der Waals surface area contributed by atoms with Crippen LogP contribution < -0.4 is 4.90 Å². The Labute approximate surface area is 262 Å². The standard InChI is InChI=1S/C30H29ClN2O10S/c1-16(34)39-15-24-25(40-17(2)35)26(41-18(3)36)27(42-19(4)37)29(43-24)44-30-32-23(14-20-10-12-21(31)13-11-20)28(38)33(30)22-8-6-5-7-9-22/h5-14,24-27,29H,15H2,1-4H3/b23-14-/t24-,25-,26+,27-,29-/m1/s1. The molecule has 232 valence electrons. The van der Waals surface area contributed by atoms with Crippen LogP contribution in [0, 0.1) is 0 Å². The van der Waals surface area contributed by atoms with Crippen LogP contribution in [-0.4, -0.2) is 71.4 Å². The van der Waals surface area contributed by atoms with Crippen molar-refractivity contribution in [3.05, 3.63) is 70.9 Å². The number of hydrogen-bond acceptors (Lipinski definition) is 12. The highest BCUT2D eigenvalue weighted by Crippen LogP contribution is 2.38. The molecule has 0 bridgehead atoms. The molecule has 12 nitrogen and oxygen atoms in total. The molecule has 0 aromatic heterocycles. The molecule has 1 amide bonds. The van der Waals surface area contributed by atoms with E-state index in [1.54, 1.807) is 60.7 Å². The van der Waals surface area contributed by atoms with Gasteiger partial charge in [0.2, 0.25) is 0 Å². The van der Waals surface area contributed by atoms with E-state index in [-0.39, 0.29) is 17.5 Å². The Morgan fingerprint density at radius 2 is 1.45 bits per heavy atom. The Balaban J connectivity index is 1.78. The molecule has 0 radical (unpaired) electrons. The minimum absolute atomic E-state index is 0.101. The lowest BCUT2D eigenvalue weighted by Crippen LogP contribution is -2.61. The van der Waals surface area contributed by atoms with E-state index in [0.717, 1.165) is 32.5 Å². The summed E-state index contributed by atoms with van der Waals surface area (Å²) in [6.45, 7) is 4.23. The van der Waals surface area contributed by atoms with Gasteiger partial charge in [0.05, 0.1) is 5.69 Å². The summed E-state index contributed by atoms with van der Waals surface area (Å²) in [5.41, 5.74) is 0.0921. The molecule has 0 aliphatic carbocycles. The summed E-state index contributed by atoms with van der Waals surface area (Å²) >= 11 is 6.92. The number of esters is 4. The van der Waals surface area contributed by atoms with Gasteiger partial charge in [-0.05, 0) is 35.9 Å². The normalized spacial score (nSPS) is 24.0. The smallest absolute Gasteiger partial charge is 0.303 e. The van der Waals surface area contributed by atoms with Gasteiger partial charge in [0.15, 0.2) is 28.9 Å². The topological polar surface area (TPSA) is 147 Å². The highest BCUT2D eigenvalue weighted by atomic mass is 35.5. The van der Waals surface area contributed by atoms with E-state index in [2.05, 4.69) is 4.99 Å². The highest BCUT2D eigenvalue weighted by Gasteiger charge is 2.53. The number of amides is 1. The highest BCUT2D eigenvalue weighted by molar-refractivity contribution is 8.14. The molecule has 2 aromatic rings. The quantitative estimate of drug-likeness (QED) is 0.234. The van der Waals surface area contributed by atoms with E-state index >= 15 is 0 Å². The molecule has 0 N–H and O–H groups in total. The molecule has 0 unspecified atom stereocenters. The van der Waals surface area contributed by atoms with Gasteiger partial charge in [-0.2, -0.15) is 0 Å². The number of nitrogens with zero attached hydrogens (tertiary/aromatic N) is 2. The molecule has 0 spiro atoms. The SMILES string of the molecule is CC(=O)OC[C@H]1O[C@H](SC2=N/C(=C\c3ccc(Cl)cc3)C(=O)N2c2ccccc2)[C@H](OC(C)=O)[C@@H](OC(C)=O)[C@@H]1OC(C)=O. The van der Waals surface area contributed by atoms with E-state index in [9.17, 15) is 24.0 Å². The first-order valence-corrected chi connectivity index (χ1v) is 14.6. The summed E-state index contributed by atoms with van der Waals surface area (Å²) < 4.78 is 27.9. The minimum Gasteiger partial charge on any atom is -0.463 e. The summed E-state index contributed by atoms with van der Waals surface area (Å²) in [6.07, 6.45) is -3.56. The fourth-order valence-electron chi connectivity index (χ4n) is 4.48. The zero-order valence-corrected chi connectivity index (χ0v) is 25.7. The number of rotatable bonds is 8. The Hall–Kier alpha value is -4.20. The van der Waals surface area contributed by atoms with Crippen LogP contribution in [0.3, 0.4) is 0 Å². The van der Waals surface area contributed by atoms with Crippen LogP contribution in [0.25, 0.3) is 6.08 Å². The fourth-order valence-corrected chi connectivity index (χ4v) is 5.81. The maximum atomic E-state index is 13.7. The van der Waals surface area contributed by atoms with Crippen LogP contribution in [0.5, 0.6) is 0 Å². The van der Waals surface area contributed by atoms with Gasteiger partial charge in [-0.3, -0.25) is 28.9 Å². The average molecular weight is 645 g/mol. The molecule has 2 heterocycles. The van der Waals surface area contributed by atoms with Crippen molar-refractivity contribution in [2.45, 2.75) is 57.5 Å². The summed E-state index contributed by atoms with van der Waals surface area (Å²) in [6, 6.07) is 15.5. The van der Waals surface area contributed by atoms with Crippen molar-refractivity contribution >= 4 is 70.1 Å². The second-order valence-electron chi connectivity index (χ2n) is 9.64. The van der Waals surface area contributed by atoms with Gasteiger partial charge in [0.1, 0.15) is 18.4 Å². The van der Waals surface area contributed by atoms with E-state index in [1.807, 2.05) is 0 Å². The lowest BCUT2D eigenvalue weighted by Gasteiger charge is -2.44. The zero-order valence-electron chi connectivity index (χ0n) is 24.1. The minimum atomic E-state index is -1.36. The second kappa shape index (κ2) is 14.5. The van der Waals surface area contributed by atoms with Crippen molar-refractivity contribution < 1.29 is 47.7 Å². The molecule has 4 rings (SSSR count). The molecule has 2 aliphatic rings. The van der Waals surface area contributed by atoms with Crippen LogP contribution in [0.2, 0.25) is 5.02 Å². The van der Waals surface area contributed by atoms with Gasteiger partial charge < -0.3 is 23.7 Å². The Morgan fingerprint density at radius 1 is 0.864 bits per heavy atom. The first kappa shape index (κ1) is 32.7. The number of anilines is 1.